The van der Waals surface area contributed by atoms with Crippen LogP contribution in [0.1, 0.15) is 29.2 Å². The lowest BCUT2D eigenvalue weighted by atomic mass is 10.0. The average molecular weight is 162 g/mol. The smallest absolute Gasteiger partial charge is 0.0394 e. The largest absolute Gasteiger partial charge is 0.398 e. The van der Waals surface area contributed by atoms with Gasteiger partial charge in [-0.1, -0.05) is 12.1 Å². The highest BCUT2D eigenvalue weighted by atomic mass is 14.7. The zero-order chi connectivity index (χ0) is 8.72. The summed E-state index contributed by atoms with van der Waals surface area (Å²) in [4.78, 5) is 0. The highest BCUT2D eigenvalue weighted by Crippen LogP contribution is 2.35. The summed E-state index contributed by atoms with van der Waals surface area (Å²) in [6.07, 6.45) is 2.13. The van der Waals surface area contributed by atoms with Crippen molar-refractivity contribution in [2.75, 3.05) is 5.73 Å². The van der Waals surface area contributed by atoms with Crippen LogP contribution in [0.2, 0.25) is 0 Å². The Hall–Kier alpha value is -1.02. The second-order valence-electron chi connectivity index (χ2n) is 3.51. The van der Waals surface area contributed by atoms with Gasteiger partial charge in [-0.05, 0) is 36.5 Å². The van der Waals surface area contributed by atoms with Crippen LogP contribution in [0.3, 0.4) is 0 Å². The molecule has 1 atom stereocenters. The second-order valence-corrected chi connectivity index (χ2v) is 3.51. The van der Waals surface area contributed by atoms with E-state index in [0.29, 0.717) is 0 Å². The van der Waals surface area contributed by atoms with Crippen molar-refractivity contribution in [1.82, 2.24) is 0 Å². The van der Waals surface area contributed by atoms with E-state index in [1.165, 1.54) is 11.1 Å². The summed E-state index contributed by atoms with van der Waals surface area (Å²) in [5, 5.41) is 0. The minimum atomic E-state index is 0.167. The van der Waals surface area contributed by atoms with E-state index in [-0.39, 0.29) is 6.04 Å². The van der Waals surface area contributed by atoms with Gasteiger partial charge in [-0.3, -0.25) is 0 Å². The number of nitrogens with two attached hydrogens (primary N) is 2. The monoisotopic (exact) mass is 162 g/mol. The van der Waals surface area contributed by atoms with Gasteiger partial charge in [0.25, 0.3) is 0 Å². The highest BCUT2D eigenvalue weighted by Gasteiger charge is 2.21. The van der Waals surface area contributed by atoms with Crippen molar-refractivity contribution in [3.63, 3.8) is 0 Å². The maximum atomic E-state index is 5.94. The van der Waals surface area contributed by atoms with Crippen LogP contribution in [-0.4, -0.2) is 0 Å². The molecular formula is C10H14N2. The van der Waals surface area contributed by atoms with Gasteiger partial charge >= 0.3 is 0 Å². The van der Waals surface area contributed by atoms with Crippen LogP contribution in [0.5, 0.6) is 0 Å². The summed E-state index contributed by atoms with van der Waals surface area (Å²) >= 11 is 0. The average Bonchev–Trinajstić information content (AvgIpc) is 2.41. The van der Waals surface area contributed by atoms with Crippen LogP contribution in [0.4, 0.5) is 5.69 Å². The van der Waals surface area contributed by atoms with E-state index in [1.54, 1.807) is 0 Å². The Morgan fingerprint density at radius 3 is 2.92 bits per heavy atom. The molecule has 0 saturated carbocycles. The minimum Gasteiger partial charge on any atom is -0.398 e. The molecule has 64 valence electrons. The van der Waals surface area contributed by atoms with Gasteiger partial charge in [0.05, 0.1) is 0 Å². The Morgan fingerprint density at radius 2 is 2.17 bits per heavy atom. The maximum absolute atomic E-state index is 5.94. The van der Waals surface area contributed by atoms with Gasteiger partial charge in [0.2, 0.25) is 0 Å². The SMILES string of the molecule is Cc1ccc2c(c1N)[C@H](N)CC2. The summed E-state index contributed by atoms with van der Waals surface area (Å²) in [6, 6.07) is 4.39. The van der Waals surface area contributed by atoms with E-state index < -0.39 is 0 Å². The van der Waals surface area contributed by atoms with Crippen molar-refractivity contribution in [2.24, 2.45) is 5.73 Å². The Bertz CT molecular complexity index is 318. The van der Waals surface area contributed by atoms with Gasteiger partial charge in [0.1, 0.15) is 0 Å². The van der Waals surface area contributed by atoms with E-state index in [2.05, 4.69) is 12.1 Å². The second kappa shape index (κ2) is 2.49. The molecule has 2 nitrogen and oxygen atoms in total. The van der Waals surface area contributed by atoms with E-state index >= 15 is 0 Å². The molecule has 0 saturated heterocycles. The van der Waals surface area contributed by atoms with Gasteiger partial charge in [0.15, 0.2) is 0 Å². The first kappa shape index (κ1) is 7.62. The van der Waals surface area contributed by atoms with Gasteiger partial charge < -0.3 is 11.5 Å². The number of fused-ring (bicyclic) bond motifs is 1. The minimum absolute atomic E-state index is 0.167. The summed E-state index contributed by atoms with van der Waals surface area (Å²) in [7, 11) is 0. The molecule has 1 aromatic rings. The summed E-state index contributed by atoms with van der Waals surface area (Å²) in [6.45, 7) is 2.03. The molecule has 0 spiro atoms. The van der Waals surface area contributed by atoms with Gasteiger partial charge in [-0.25, -0.2) is 0 Å². The maximum Gasteiger partial charge on any atom is 0.0394 e. The lowest BCUT2D eigenvalue weighted by Crippen LogP contribution is -2.08. The molecule has 2 heteroatoms. The van der Waals surface area contributed by atoms with Crippen molar-refractivity contribution >= 4 is 5.69 Å². The number of hydrogen-bond acceptors (Lipinski definition) is 2. The molecule has 12 heavy (non-hydrogen) atoms. The molecule has 0 heterocycles. The van der Waals surface area contributed by atoms with E-state index in [1.807, 2.05) is 6.92 Å². The number of benzene rings is 1. The number of rotatable bonds is 0. The van der Waals surface area contributed by atoms with Gasteiger partial charge in [0, 0.05) is 11.7 Å². The van der Waals surface area contributed by atoms with Crippen LogP contribution in [0, 0.1) is 6.92 Å². The quantitative estimate of drug-likeness (QED) is 0.568. The Kier molecular flexibility index (Phi) is 1.58. The molecule has 0 amide bonds. The lowest BCUT2D eigenvalue weighted by molar-refractivity contribution is 0.714. The molecule has 0 aliphatic heterocycles. The predicted octanol–water partition coefficient (Wildman–Crippen LogP) is 1.52. The standard InChI is InChI=1S/C10H14N2/c1-6-2-3-7-4-5-8(11)9(7)10(6)12/h2-3,8H,4-5,11-12H2,1H3/t8-/m1/s1. The molecule has 1 aliphatic carbocycles. The summed E-state index contributed by atoms with van der Waals surface area (Å²) in [5.74, 6) is 0. The van der Waals surface area contributed by atoms with Crippen LogP contribution in [0.15, 0.2) is 12.1 Å². The molecule has 2 rings (SSSR count). The molecule has 0 bridgehead atoms. The molecule has 1 aromatic carbocycles. The van der Waals surface area contributed by atoms with Crippen LogP contribution in [-0.2, 0) is 6.42 Å². The fraction of sp³-hybridized carbons (Fsp3) is 0.400. The normalized spacial score (nSPS) is 21.0. The molecule has 0 radical (unpaired) electrons. The molecular weight excluding hydrogens is 148 g/mol. The highest BCUT2D eigenvalue weighted by molar-refractivity contribution is 5.59. The lowest BCUT2D eigenvalue weighted by Gasteiger charge is -2.10. The molecule has 0 fully saturated rings. The zero-order valence-corrected chi connectivity index (χ0v) is 7.30. The Labute approximate surface area is 72.6 Å². The van der Waals surface area contributed by atoms with E-state index in [4.69, 9.17) is 11.5 Å². The van der Waals surface area contributed by atoms with E-state index in [9.17, 15) is 0 Å². The Balaban J connectivity index is 2.63. The van der Waals surface area contributed by atoms with Crippen LogP contribution < -0.4 is 11.5 Å². The van der Waals surface area contributed by atoms with Crippen molar-refractivity contribution in [3.8, 4) is 0 Å². The third kappa shape index (κ3) is 0.916. The Morgan fingerprint density at radius 1 is 1.42 bits per heavy atom. The first-order chi connectivity index (χ1) is 5.70. The molecule has 4 N–H and O–H groups in total. The van der Waals surface area contributed by atoms with Crippen molar-refractivity contribution in [3.05, 3.63) is 28.8 Å². The fourth-order valence-electron chi connectivity index (χ4n) is 1.90. The van der Waals surface area contributed by atoms with Crippen molar-refractivity contribution < 1.29 is 0 Å². The van der Waals surface area contributed by atoms with Gasteiger partial charge in [-0.2, -0.15) is 0 Å². The first-order valence-corrected chi connectivity index (χ1v) is 4.33. The topological polar surface area (TPSA) is 52.0 Å². The van der Waals surface area contributed by atoms with Crippen molar-refractivity contribution in [1.29, 1.82) is 0 Å². The zero-order valence-electron chi connectivity index (χ0n) is 7.30. The number of hydrogen-bond donors (Lipinski definition) is 2. The van der Waals surface area contributed by atoms with Crippen LogP contribution >= 0.6 is 0 Å². The number of anilines is 1. The third-order valence-corrected chi connectivity index (χ3v) is 2.69. The fourth-order valence-corrected chi connectivity index (χ4v) is 1.90. The summed E-state index contributed by atoms with van der Waals surface area (Å²) < 4.78 is 0. The van der Waals surface area contributed by atoms with E-state index in [0.717, 1.165) is 24.1 Å². The summed E-state index contributed by atoms with van der Waals surface area (Å²) in [5.41, 5.74) is 16.5. The van der Waals surface area contributed by atoms with Gasteiger partial charge in [-0.15, -0.1) is 0 Å². The number of nitrogen functional groups attached to an aromatic ring is 1. The molecule has 0 aromatic heterocycles. The van der Waals surface area contributed by atoms with Crippen LogP contribution in [0.25, 0.3) is 0 Å². The third-order valence-electron chi connectivity index (χ3n) is 2.69. The van der Waals surface area contributed by atoms with Crippen molar-refractivity contribution in [2.45, 2.75) is 25.8 Å². The first-order valence-electron chi connectivity index (χ1n) is 4.33. The number of aryl methyl sites for hydroxylation is 2. The predicted molar refractivity (Wildman–Crippen MR) is 50.8 cm³/mol. The molecule has 1 aliphatic rings. The molecule has 0 unspecified atom stereocenters.